The fraction of sp³-hybridized carbons (Fsp3) is 0.176. The molecule has 0 aliphatic carbocycles. The van der Waals surface area contributed by atoms with E-state index in [-0.39, 0.29) is 11.4 Å². The molecule has 1 aromatic carbocycles. The van der Waals surface area contributed by atoms with Gasteiger partial charge in [-0.2, -0.15) is 0 Å². The van der Waals surface area contributed by atoms with Crippen LogP contribution in [-0.4, -0.2) is 43.4 Å². The molecule has 2 aromatic heterocycles. The first-order valence-electron chi connectivity index (χ1n) is 7.57. The Hall–Kier alpha value is -3.22. The lowest BCUT2D eigenvalue weighted by Crippen LogP contribution is -2.37. The van der Waals surface area contributed by atoms with Crippen LogP contribution in [0, 0.1) is 0 Å². The number of H-pyrrole nitrogens is 1. The van der Waals surface area contributed by atoms with E-state index in [1.807, 2.05) is 18.2 Å². The molecule has 24 heavy (non-hydrogen) atoms. The Labute approximate surface area is 137 Å². The molecule has 7 heteroatoms. The van der Waals surface area contributed by atoms with Crippen LogP contribution in [0.15, 0.2) is 36.7 Å². The number of rotatable bonds is 2. The SMILES string of the molecule is O=C(O)c1nccnc1C(=O)N1CCc2c([nH]c3ccccc23)C1. The number of carboxylic acid groups (broad SMARTS) is 1. The molecule has 3 aromatic rings. The van der Waals surface area contributed by atoms with Crippen molar-refractivity contribution >= 4 is 22.8 Å². The maximum atomic E-state index is 12.7. The van der Waals surface area contributed by atoms with Crippen molar-refractivity contribution in [2.45, 2.75) is 13.0 Å². The molecule has 1 amide bonds. The van der Waals surface area contributed by atoms with Crippen molar-refractivity contribution in [1.82, 2.24) is 19.9 Å². The van der Waals surface area contributed by atoms with Crippen LogP contribution in [0.25, 0.3) is 10.9 Å². The first kappa shape index (κ1) is 14.4. The number of nitrogens with zero attached hydrogens (tertiary/aromatic N) is 3. The van der Waals surface area contributed by atoms with Crippen molar-refractivity contribution in [3.05, 3.63) is 59.3 Å². The smallest absolute Gasteiger partial charge is 0.356 e. The number of fused-ring (bicyclic) bond motifs is 3. The maximum absolute atomic E-state index is 12.7. The predicted octanol–water partition coefficient (Wildman–Crippen LogP) is 1.85. The fourth-order valence-corrected chi connectivity index (χ4v) is 3.17. The highest BCUT2D eigenvalue weighted by molar-refractivity contribution is 6.02. The highest BCUT2D eigenvalue weighted by Gasteiger charge is 2.28. The number of aromatic carboxylic acids is 1. The lowest BCUT2D eigenvalue weighted by Gasteiger charge is -2.27. The summed E-state index contributed by atoms with van der Waals surface area (Å²) in [6.07, 6.45) is 3.32. The highest BCUT2D eigenvalue weighted by Crippen LogP contribution is 2.28. The molecule has 0 bridgehead atoms. The Morgan fingerprint density at radius 3 is 2.67 bits per heavy atom. The third kappa shape index (κ3) is 2.21. The van der Waals surface area contributed by atoms with Crippen molar-refractivity contribution in [2.75, 3.05) is 6.54 Å². The summed E-state index contributed by atoms with van der Waals surface area (Å²) >= 11 is 0. The van der Waals surface area contributed by atoms with Crippen LogP contribution >= 0.6 is 0 Å². The normalized spacial score (nSPS) is 13.8. The topological polar surface area (TPSA) is 99.2 Å². The number of aromatic amines is 1. The monoisotopic (exact) mass is 322 g/mol. The molecule has 1 aliphatic rings. The van der Waals surface area contributed by atoms with E-state index in [1.54, 1.807) is 4.90 Å². The molecule has 0 atom stereocenters. The maximum Gasteiger partial charge on any atom is 0.356 e. The van der Waals surface area contributed by atoms with Crippen LogP contribution in [0.3, 0.4) is 0 Å². The first-order valence-corrected chi connectivity index (χ1v) is 7.57. The van der Waals surface area contributed by atoms with Gasteiger partial charge in [-0.3, -0.25) is 4.79 Å². The molecule has 1 aliphatic heterocycles. The molecule has 0 radical (unpaired) electrons. The summed E-state index contributed by atoms with van der Waals surface area (Å²) in [5.74, 6) is -1.67. The van der Waals surface area contributed by atoms with E-state index in [0.717, 1.165) is 11.2 Å². The summed E-state index contributed by atoms with van der Waals surface area (Å²) in [5.41, 5.74) is 2.81. The van der Waals surface area contributed by atoms with Crippen molar-refractivity contribution in [3.8, 4) is 0 Å². The fourth-order valence-electron chi connectivity index (χ4n) is 3.17. The molecule has 0 saturated heterocycles. The third-order valence-corrected chi connectivity index (χ3v) is 4.27. The molecule has 2 N–H and O–H groups in total. The van der Waals surface area contributed by atoms with Crippen molar-refractivity contribution in [1.29, 1.82) is 0 Å². The zero-order valence-corrected chi connectivity index (χ0v) is 12.7. The molecule has 120 valence electrons. The third-order valence-electron chi connectivity index (χ3n) is 4.27. The minimum atomic E-state index is -1.25. The Kier molecular flexibility index (Phi) is 3.26. The highest BCUT2D eigenvalue weighted by atomic mass is 16.4. The minimum Gasteiger partial charge on any atom is -0.476 e. The van der Waals surface area contributed by atoms with Gasteiger partial charge < -0.3 is 15.0 Å². The van der Waals surface area contributed by atoms with Gasteiger partial charge in [0, 0.05) is 35.5 Å². The van der Waals surface area contributed by atoms with E-state index in [4.69, 9.17) is 0 Å². The number of carbonyl (C=O) groups excluding carboxylic acids is 1. The number of hydrogen-bond acceptors (Lipinski definition) is 4. The lowest BCUT2D eigenvalue weighted by atomic mass is 10.0. The van der Waals surface area contributed by atoms with E-state index in [9.17, 15) is 14.7 Å². The van der Waals surface area contributed by atoms with Crippen LogP contribution in [0.2, 0.25) is 0 Å². The molecule has 3 heterocycles. The van der Waals surface area contributed by atoms with E-state index >= 15 is 0 Å². The second-order valence-corrected chi connectivity index (χ2v) is 5.66. The number of aromatic nitrogens is 3. The standard InChI is InChI=1S/C17H14N4O3/c22-16(14-15(17(23)24)19-7-6-18-14)21-8-5-11-10-3-1-2-4-12(10)20-13(11)9-21/h1-4,6-7,20H,5,8-9H2,(H,23,24). The first-order chi connectivity index (χ1) is 11.6. The second kappa shape index (κ2) is 5.45. The van der Waals surface area contributed by atoms with E-state index in [2.05, 4.69) is 21.0 Å². The Bertz CT molecular complexity index is 963. The van der Waals surface area contributed by atoms with Gasteiger partial charge in [-0.15, -0.1) is 0 Å². The quantitative estimate of drug-likeness (QED) is 0.750. The summed E-state index contributed by atoms with van der Waals surface area (Å²) in [4.78, 5) is 36.6. The zero-order chi connectivity index (χ0) is 16.7. The molecular formula is C17H14N4O3. The van der Waals surface area contributed by atoms with Crippen molar-refractivity contribution in [3.63, 3.8) is 0 Å². The molecule has 4 rings (SSSR count). The van der Waals surface area contributed by atoms with Gasteiger partial charge in [0.05, 0.1) is 6.54 Å². The minimum absolute atomic E-state index is 0.121. The van der Waals surface area contributed by atoms with Gasteiger partial charge in [-0.25, -0.2) is 14.8 Å². The van der Waals surface area contributed by atoms with E-state index in [1.165, 1.54) is 23.3 Å². The van der Waals surface area contributed by atoms with E-state index in [0.29, 0.717) is 19.5 Å². The summed E-state index contributed by atoms with van der Waals surface area (Å²) in [5, 5.41) is 10.4. The number of carbonyl (C=O) groups is 2. The van der Waals surface area contributed by atoms with Gasteiger partial charge in [0.25, 0.3) is 5.91 Å². The van der Waals surface area contributed by atoms with Gasteiger partial charge in [0.2, 0.25) is 0 Å². The molecular weight excluding hydrogens is 308 g/mol. The summed E-state index contributed by atoms with van der Waals surface area (Å²) in [7, 11) is 0. The summed E-state index contributed by atoms with van der Waals surface area (Å²) in [6.45, 7) is 0.918. The van der Waals surface area contributed by atoms with Crippen LogP contribution in [-0.2, 0) is 13.0 Å². The lowest BCUT2D eigenvalue weighted by molar-refractivity contribution is 0.0659. The van der Waals surface area contributed by atoms with Crippen molar-refractivity contribution < 1.29 is 14.7 Å². The number of nitrogens with one attached hydrogen (secondary N) is 1. The van der Waals surface area contributed by atoms with Crippen LogP contribution in [0.5, 0.6) is 0 Å². The molecule has 0 fully saturated rings. The van der Waals surface area contributed by atoms with Gasteiger partial charge in [-0.05, 0) is 18.1 Å². The van der Waals surface area contributed by atoms with Crippen molar-refractivity contribution in [2.24, 2.45) is 0 Å². The average molecular weight is 322 g/mol. The van der Waals surface area contributed by atoms with Crippen LogP contribution in [0.4, 0.5) is 0 Å². The Morgan fingerprint density at radius 1 is 1.12 bits per heavy atom. The molecule has 0 saturated carbocycles. The Balaban J connectivity index is 1.67. The van der Waals surface area contributed by atoms with Crippen LogP contribution < -0.4 is 0 Å². The second-order valence-electron chi connectivity index (χ2n) is 5.66. The number of amides is 1. The number of benzene rings is 1. The summed E-state index contributed by atoms with van der Waals surface area (Å²) < 4.78 is 0. The van der Waals surface area contributed by atoms with Gasteiger partial charge in [0.1, 0.15) is 0 Å². The zero-order valence-electron chi connectivity index (χ0n) is 12.7. The molecule has 7 nitrogen and oxygen atoms in total. The van der Waals surface area contributed by atoms with Crippen LogP contribution in [0.1, 0.15) is 32.2 Å². The number of para-hydroxylation sites is 1. The number of hydrogen-bond donors (Lipinski definition) is 2. The summed E-state index contributed by atoms with van der Waals surface area (Å²) in [6, 6.07) is 8.02. The Morgan fingerprint density at radius 2 is 1.88 bits per heavy atom. The molecule has 0 unspecified atom stereocenters. The average Bonchev–Trinajstić information content (AvgIpc) is 2.98. The predicted molar refractivity (Wildman–Crippen MR) is 85.7 cm³/mol. The van der Waals surface area contributed by atoms with E-state index < -0.39 is 11.9 Å². The van der Waals surface area contributed by atoms with Gasteiger partial charge in [0.15, 0.2) is 11.4 Å². The number of carboxylic acids is 1. The van der Waals surface area contributed by atoms with Gasteiger partial charge >= 0.3 is 5.97 Å². The molecule has 0 spiro atoms. The van der Waals surface area contributed by atoms with Gasteiger partial charge in [-0.1, -0.05) is 18.2 Å². The largest absolute Gasteiger partial charge is 0.476 e.